The van der Waals surface area contributed by atoms with Gasteiger partial charge < -0.3 is 10.6 Å². The van der Waals surface area contributed by atoms with Gasteiger partial charge in [0.15, 0.2) is 4.96 Å². The number of piperazine rings is 1. The number of para-hydroxylation sites is 1. The number of thiazole rings is 2. The number of aliphatic imine (C=N–C) groups is 1. The molecule has 2 aliphatic rings. The number of fused-ring (bicyclic) bond motifs is 3. The Bertz CT molecular complexity index is 1500. The number of hydrogen-bond donors (Lipinski definition) is 2. The summed E-state index contributed by atoms with van der Waals surface area (Å²) in [6, 6.07) is 9.08. The Hall–Kier alpha value is -3.18. The lowest BCUT2D eigenvalue weighted by molar-refractivity contribution is 0.103. The van der Waals surface area contributed by atoms with Gasteiger partial charge in [0, 0.05) is 66.3 Å². The van der Waals surface area contributed by atoms with Crippen molar-refractivity contribution in [2.45, 2.75) is 38.9 Å². The standard InChI is InChI=1S/C26H27N7OS2/c1-15(9-27-3)25-29-16(2)23(36-25)24(34)30-21-7-5-4-6-20(21)22-13-33-19(14-35-26(33)31-22)12-32-11-17-8-18(32)10-28-17/h4-7,9,13-14,17-18,28H,3,8,10-12H2,1-2H3,(H,30,34). The van der Waals surface area contributed by atoms with Gasteiger partial charge in [0.25, 0.3) is 5.91 Å². The SMILES string of the molecule is C=NC=C(C)c1nc(C)c(C(=O)Nc2ccccc2-c2cn3c(CN4CC5CC4CN5)csc3n2)s1. The van der Waals surface area contributed by atoms with Crippen molar-refractivity contribution in [3.8, 4) is 11.3 Å². The maximum absolute atomic E-state index is 13.2. The zero-order valence-electron chi connectivity index (χ0n) is 20.2. The number of nitrogens with zero attached hydrogens (tertiary/aromatic N) is 5. The molecular formula is C26H27N7OS2. The van der Waals surface area contributed by atoms with Crippen molar-refractivity contribution >= 4 is 51.5 Å². The molecule has 4 aromatic rings. The van der Waals surface area contributed by atoms with E-state index in [0.717, 1.165) is 52.1 Å². The van der Waals surface area contributed by atoms with Crippen molar-refractivity contribution in [2.75, 3.05) is 18.4 Å². The van der Waals surface area contributed by atoms with Crippen LogP contribution in [0.1, 0.15) is 39.4 Å². The summed E-state index contributed by atoms with van der Waals surface area (Å²) >= 11 is 3.02. The van der Waals surface area contributed by atoms with Crippen LogP contribution in [0, 0.1) is 6.92 Å². The second kappa shape index (κ2) is 9.36. The summed E-state index contributed by atoms with van der Waals surface area (Å²) in [5.74, 6) is -0.178. The summed E-state index contributed by atoms with van der Waals surface area (Å²) in [6.45, 7) is 10.4. The lowest BCUT2D eigenvalue weighted by Crippen LogP contribution is -2.43. The van der Waals surface area contributed by atoms with Crippen LogP contribution in [-0.2, 0) is 6.54 Å². The topological polar surface area (TPSA) is 86.9 Å². The van der Waals surface area contributed by atoms with Crippen LogP contribution in [0.15, 0.2) is 47.0 Å². The van der Waals surface area contributed by atoms with E-state index >= 15 is 0 Å². The van der Waals surface area contributed by atoms with E-state index < -0.39 is 0 Å². The van der Waals surface area contributed by atoms with Crippen LogP contribution in [0.3, 0.4) is 0 Å². The Morgan fingerprint density at radius 1 is 1.36 bits per heavy atom. The van der Waals surface area contributed by atoms with E-state index in [1.807, 2.05) is 38.1 Å². The monoisotopic (exact) mass is 517 g/mol. The zero-order valence-corrected chi connectivity index (χ0v) is 21.8. The molecule has 1 amide bonds. The third kappa shape index (κ3) is 4.20. The molecule has 6 rings (SSSR count). The number of benzene rings is 1. The fraction of sp³-hybridized carbons (Fsp3) is 0.308. The minimum atomic E-state index is -0.178. The lowest BCUT2D eigenvalue weighted by atomic mass is 10.1. The Kier molecular flexibility index (Phi) is 6.04. The third-order valence-corrected chi connectivity index (χ3v) is 9.08. The maximum atomic E-state index is 13.2. The highest BCUT2D eigenvalue weighted by Crippen LogP contribution is 2.32. The number of imidazole rings is 1. The molecule has 1 aromatic carbocycles. The molecule has 2 saturated heterocycles. The van der Waals surface area contributed by atoms with Gasteiger partial charge in [-0.2, -0.15) is 0 Å². The molecule has 8 nitrogen and oxygen atoms in total. The van der Waals surface area contributed by atoms with E-state index in [-0.39, 0.29) is 5.91 Å². The first-order valence-corrected chi connectivity index (χ1v) is 13.6. The normalized spacial score (nSPS) is 19.9. The number of aryl methyl sites for hydroxylation is 1. The van der Waals surface area contributed by atoms with Crippen LogP contribution in [0.2, 0.25) is 0 Å². The van der Waals surface area contributed by atoms with Crippen molar-refractivity contribution in [2.24, 2.45) is 4.99 Å². The smallest absolute Gasteiger partial charge is 0.267 e. The Morgan fingerprint density at radius 3 is 3.00 bits per heavy atom. The Morgan fingerprint density at radius 2 is 2.22 bits per heavy atom. The number of aromatic nitrogens is 3. The average Bonchev–Trinajstić information content (AvgIpc) is 3.68. The van der Waals surface area contributed by atoms with E-state index in [9.17, 15) is 4.79 Å². The molecule has 2 N–H and O–H groups in total. The van der Waals surface area contributed by atoms with Crippen LogP contribution in [0.4, 0.5) is 5.69 Å². The van der Waals surface area contributed by atoms with E-state index in [1.54, 1.807) is 17.5 Å². The summed E-state index contributed by atoms with van der Waals surface area (Å²) in [4.78, 5) is 30.6. The van der Waals surface area contributed by atoms with Crippen LogP contribution in [-0.4, -0.2) is 57.1 Å². The highest BCUT2D eigenvalue weighted by molar-refractivity contribution is 7.15. The predicted octanol–water partition coefficient (Wildman–Crippen LogP) is 4.69. The molecule has 2 atom stereocenters. The number of hydrogen-bond acceptors (Lipinski definition) is 8. The number of rotatable bonds is 7. The molecule has 2 aliphatic heterocycles. The molecular weight excluding hydrogens is 490 g/mol. The van der Waals surface area contributed by atoms with E-state index in [1.165, 1.54) is 23.5 Å². The number of allylic oxidation sites excluding steroid dienone is 1. The number of carbonyl (C=O) groups excluding carboxylic acids is 1. The van der Waals surface area contributed by atoms with Crippen LogP contribution in [0.5, 0.6) is 0 Å². The maximum Gasteiger partial charge on any atom is 0.267 e. The highest BCUT2D eigenvalue weighted by Gasteiger charge is 2.37. The van der Waals surface area contributed by atoms with Crippen LogP contribution in [0.25, 0.3) is 21.8 Å². The fourth-order valence-electron chi connectivity index (χ4n) is 5.08. The molecule has 0 spiro atoms. The van der Waals surface area contributed by atoms with Crippen molar-refractivity contribution in [3.05, 3.63) is 63.3 Å². The quantitative estimate of drug-likeness (QED) is 0.348. The molecule has 0 saturated carbocycles. The van der Waals surface area contributed by atoms with Gasteiger partial charge in [-0.25, -0.2) is 9.97 Å². The summed E-state index contributed by atoms with van der Waals surface area (Å²) in [5.41, 5.74) is 5.30. The van der Waals surface area contributed by atoms with Gasteiger partial charge in [-0.3, -0.25) is 19.1 Å². The summed E-state index contributed by atoms with van der Waals surface area (Å²) in [7, 11) is 0. The second-order valence-electron chi connectivity index (χ2n) is 9.36. The molecule has 5 heterocycles. The van der Waals surface area contributed by atoms with Gasteiger partial charge in [-0.1, -0.05) is 18.2 Å². The molecule has 36 heavy (non-hydrogen) atoms. The Labute approximate surface area is 217 Å². The van der Waals surface area contributed by atoms with Crippen LogP contribution >= 0.6 is 22.7 Å². The summed E-state index contributed by atoms with van der Waals surface area (Å²) < 4.78 is 2.19. The van der Waals surface area contributed by atoms with E-state index in [2.05, 4.69) is 48.2 Å². The van der Waals surface area contributed by atoms with Gasteiger partial charge in [-0.15, -0.1) is 22.7 Å². The largest absolute Gasteiger partial charge is 0.321 e. The number of anilines is 1. The molecule has 3 aromatic heterocycles. The molecule has 2 unspecified atom stereocenters. The number of nitrogens with one attached hydrogen (secondary N) is 2. The first kappa shape index (κ1) is 23.2. The van der Waals surface area contributed by atoms with Gasteiger partial charge in [-0.05, 0) is 33.1 Å². The van der Waals surface area contributed by atoms with Crippen molar-refractivity contribution < 1.29 is 4.79 Å². The molecule has 2 bridgehead atoms. The lowest BCUT2D eigenvalue weighted by Gasteiger charge is -2.26. The molecule has 2 fully saturated rings. The van der Waals surface area contributed by atoms with E-state index in [0.29, 0.717) is 22.7 Å². The highest BCUT2D eigenvalue weighted by atomic mass is 32.1. The molecule has 184 valence electrons. The van der Waals surface area contributed by atoms with Crippen LogP contribution < -0.4 is 10.6 Å². The Balaban J connectivity index is 1.26. The first-order valence-electron chi connectivity index (χ1n) is 11.9. The third-order valence-electron chi connectivity index (χ3n) is 6.89. The van der Waals surface area contributed by atoms with Crippen molar-refractivity contribution in [3.63, 3.8) is 0 Å². The van der Waals surface area contributed by atoms with Gasteiger partial charge in [0.2, 0.25) is 0 Å². The number of carbonyl (C=O) groups is 1. The predicted molar refractivity (Wildman–Crippen MR) is 147 cm³/mol. The van der Waals surface area contributed by atoms with Crippen molar-refractivity contribution in [1.82, 2.24) is 24.6 Å². The van der Waals surface area contributed by atoms with Gasteiger partial charge >= 0.3 is 0 Å². The van der Waals surface area contributed by atoms with Crippen molar-refractivity contribution in [1.29, 1.82) is 0 Å². The minimum Gasteiger partial charge on any atom is -0.321 e. The molecule has 0 radical (unpaired) electrons. The summed E-state index contributed by atoms with van der Waals surface area (Å²) in [6.07, 6.45) is 4.99. The zero-order chi connectivity index (χ0) is 24.8. The van der Waals surface area contributed by atoms with Gasteiger partial charge in [0.05, 0.1) is 17.1 Å². The molecule has 0 aliphatic carbocycles. The first-order chi connectivity index (χ1) is 17.5. The van der Waals surface area contributed by atoms with E-state index in [4.69, 9.17) is 4.98 Å². The average molecular weight is 518 g/mol. The molecule has 10 heteroatoms. The minimum absolute atomic E-state index is 0.178. The van der Waals surface area contributed by atoms with Gasteiger partial charge in [0.1, 0.15) is 9.88 Å². The fourth-order valence-corrected chi connectivity index (χ4v) is 6.88. The second-order valence-corrected chi connectivity index (χ2v) is 11.2. The number of amides is 1. The summed E-state index contributed by atoms with van der Waals surface area (Å²) in [5, 5.41) is 9.64. The number of likely N-dealkylation sites (tertiary alicyclic amines) is 1.